The smallest absolute Gasteiger partial charge is 0.255 e. The van der Waals surface area contributed by atoms with Gasteiger partial charge in [0, 0.05) is 19.6 Å². The molecule has 1 aromatic heterocycles. The van der Waals surface area contributed by atoms with Crippen LogP contribution in [-0.4, -0.2) is 45.8 Å². The first-order valence-corrected chi connectivity index (χ1v) is 9.16. The van der Waals surface area contributed by atoms with Gasteiger partial charge in [-0.3, -0.25) is 4.90 Å². The number of ether oxygens (including phenoxy) is 1. The van der Waals surface area contributed by atoms with Crippen molar-refractivity contribution < 1.29 is 23.7 Å². The summed E-state index contributed by atoms with van der Waals surface area (Å²) in [6, 6.07) is 8.73. The van der Waals surface area contributed by atoms with E-state index in [2.05, 4.69) is 9.88 Å². The minimum Gasteiger partial charge on any atom is -0.504 e. The van der Waals surface area contributed by atoms with Gasteiger partial charge in [-0.25, -0.2) is 9.37 Å². The number of hydrogen-bond acceptors (Lipinski definition) is 5. The summed E-state index contributed by atoms with van der Waals surface area (Å²) < 4.78 is 32.3. The molecule has 1 aliphatic heterocycles. The fourth-order valence-electron chi connectivity index (χ4n) is 4.26. The maximum atomic E-state index is 13.4. The fourth-order valence-corrected chi connectivity index (χ4v) is 4.26. The van der Waals surface area contributed by atoms with Gasteiger partial charge in [0.05, 0.1) is 11.8 Å². The van der Waals surface area contributed by atoms with E-state index in [-0.39, 0.29) is 17.6 Å². The molecule has 2 aliphatic rings. The van der Waals surface area contributed by atoms with Gasteiger partial charge in [-0.2, -0.15) is 4.39 Å². The number of hydrogen-bond donors (Lipinski definition) is 2. The Bertz CT molecular complexity index is 788. The molecule has 1 aromatic carbocycles. The molecule has 1 saturated carbocycles. The highest BCUT2D eigenvalue weighted by molar-refractivity contribution is 5.23. The maximum absolute atomic E-state index is 13.4. The molecular weight excluding hydrogens is 354 g/mol. The number of pyridine rings is 1. The average molecular weight is 376 g/mol. The Kier molecular flexibility index (Phi) is 4.97. The average Bonchev–Trinajstić information content (AvgIpc) is 3.17. The largest absolute Gasteiger partial charge is 0.504 e. The molecule has 1 aliphatic carbocycles. The normalized spacial score (nSPS) is 26.1. The molecule has 0 radical (unpaired) electrons. The molecule has 4 atom stereocenters. The van der Waals surface area contributed by atoms with E-state index in [1.165, 1.54) is 24.3 Å². The molecule has 2 aromatic rings. The number of fused-ring (bicyclic) bond motifs is 1. The molecule has 2 N–H and O–H groups in total. The summed E-state index contributed by atoms with van der Waals surface area (Å²) in [7, 11) is 0. The van der Waals surface area contributed by atoms with Gasteiger partial charge >= 0.3 is 0 Å². The number of aromatic nitrogens is 1. The van der Waals surface area contributed by atoms with Crippen molar-refractivity contribution in [3.63, 3.8) is 0 Å². The first kappa shape index (κ1) is 18.1. The predicted molar refractivity (Wildman–Crippen MR) is 94.3 cm³/mol. The van der Waals surface area contributed by atoms with Crippen molar-refractivity contribution in [2.75, 3.05) is 19.6 Å². The SMILES string of the molecule is Oc1ccc(C(O)CN2C[C@H]3C[C@@H](Oc4ccc(F)cc4)C[C@H]3C2)nc1F. The van der Waals surface area contributed by atoms with Crippen molar-refractivity contribution in [1.29, 1.82) is 0 Å². The molecule has 7 heteroatoms. The van der Waals surface area contributed by atoms with Crippen LogP contribution < -0.4 is 4.74 Å². The zero-order chi connectivity index (χ0) is 19.0. The summed E-state index contributed by atoms with van der Waals surface area (Å²) in [6.07, 6.45) is 1.09. The van der Waals surface area contributed by atoms with E-state index >= 15 is 0 Å². The summed E-state index contributed by atoms with van der Waals surface area (Å²) in [4.78, 5) is 5.78. The molecule has 2 fully saturated rings. The summed E-state index contributed by atoms with van der Waals surface area (Å²) in [5.41, 5.74) is 0.222. The highest BCUT2D eigenvalue weighted by atomic mass is 19.1. The van der Waals surface area contributed by atoms with Crippen LogP contribution in [-0.2, 0) is 0 Å². The molecule has 0 spiro atoms. The molecule has 144 valence electrons. The second kappa shape index (κ2) is 7.40. The third-order valence-corrected chi connectivity index (χ3v) is 5.52. The van der Waals surface area contributed by atoms with Crippen molar-refractivity contribution in [3.05, 3.63) is 53.9 Å². The van der Waals surface area contributed by atoms with Crippen LogP contribution in [0.2, 0.25) is 0 Å². The number of aliphatic hydroxyl groups excluding tert-OH is 1. The van der Waals surface area contributed by atoms with Crippen molar-refractivity contribution in [2.45, 2.75) is 25.0 Å². The Hall–Kier alpha value is -2.25. The number of aromatic hydroxyl groups is 1. The van der Waals surface area contributed by atoms with Crippen LogP contribution >= 0.6 is 0 Å². The third-order valence-electron chi connectivity index (χ3n) is 5.52. The molecule has 0 bridgehead atoms. The number of rotatable bonds is 5. The lowest BCUT2D eigenvalue weighted by Crippen LogP contribution is -2.29. The van der Waals surface area contributed by atoms with Crippen molar-refractivity contribution in [1.82, 2.24) is 9.88 Å². The van der Waals surface area contributed by atoms with E-state index in [0.29, 0.717) is 24.1 Å². The zero-order valence-corrected chi connectivity index (χ0v) is 14.8. The number of benzene rings is 1. The van der Waals surface area contributed by atoms with E-state index in [4.69, 9.17) is 4.74 Å². The van der Waals surface area contributed by atoms with Gasteiger partial charge in [0.2, 0.25) is 0 Å². The summed E-state index contributed by atoms with van der Waals surface area (Å²) in [5, 5.41) is 19.5. The first-order chi connectivity index (χ1) is 13.0. The minimum absolute atomic E-state index is 0.130. The molecule has 1 saturated heterocycles. The number of likely N-dealkylation sites (tertiary alicyclic amines) is 1. The third kappa shape index (κ3) is 4.04. The Balaban J connectivity index is 1.29. The van der Waals surface area contributed by atoms with E-state index in [0.717, 1.165) is 25.9 Å². The molecule has 0 amide bonds. The number of halogens is 2. The highest BCUT2D eigenvalue weighted by Gasteiger charge is 2.42. The molecule has 4 rings (SSSR count). The van der Waals surface area contributed by atoms with Gasteiger partial charge in [-0.05, 0) is 61.1 Å². The summed E-state index contributed by atoms with van der Waals surface area (Å²) in [5.74, 6) is -0.0873. The summed E-state index contributed by atoms with van der Waals surface area (Å²) >= 11 is 0. The van der Waals surface area contributed by atoms with E-state index in [1.807, 2.05) is 0 Å². The van der Waals surface area contributed by atoms with Gasteiger partial charge in [0.1, 0.15) is 17.7 Å². The Morgan fingerprint density at radius 1 is 1.07 bits per heavy atom. The van der Waals surface area contributed by atoms with Crippen LogP contribution in [0.3, 0.4) is 0 Å². The summed E-state index contributed by atoms with van der Waals surface area (Å²) in [6.45, 7) is 2.09. The van der Waals surface area contributed by atoms with Crippen LogP contribution in [0, 0.1) is 23.6 Å². The lowest BCUT2D eigenvalue weighted by atomic mass is 10.0. The second-order valence-corrected chi connectivity index (χ2v) is 7.47. The Morgan fingerprint density at radius 2 is 1.74 bits per heavy atom. The minimum atomic E-state index is -0.967. The predicted octanol–water partition coefficient (Wildman–Crippen LogP) is 2.89. The number of aliphatic hydroxyl groups is 1. The molecule has 1 unspecified atom stereocenters. The molecule has 5 nitrogen and oxygen atoms in total. The quantitative estimate of drug-likeness (QED) is 0.786. The maximum Gasteiger partial charge on any atom is 0.255 e. The second-order valence-electron chi connectivity index (χ2n) is 7.47. The molecule has 2 heterocycles. The van der Waals surface area contributed by atoms with E-state index in [9.17, 15) is 19.0 Å². The van der Waals surface area contributed by atoms with Crippen molar-refractivity contribution in [3.8, 4) is 11.5 Å². The monoisotopic (exact) mass is 376 g/mol. The standard InChI is InChI=1S/C20H22F2N2O3/c21-14-1-3-15(4-2-14)27-16-7-12-9-24(10-13(12)8-16)11-19(26)17-5-6-18(25)20(22)23-17/h1-6,12-13,16,19,25-26H,7-11H2/t12-,13+,16-,19?. The van der Waals surface area contributed by atoms with Gasteiger partial charge in [0.15, 0.2) is 5.75 Å². The van der Waals surface area contributed by atoms with E-state index < -0.39 is 17.8 Å². The van der Waals surface area contributed by atoms with E-state index in [1.54, 1.807) is 12.1 Å². The molecule has 27 heavy (non-hydrogen) atoms. The van der Waals surface area contributed by atoms with Crippen LogP contribution in [0.4, 0.5) is 8.78 Å². The van der Waals surface area contributed by atoms with Crippen LogP contribution in [0.1, 0.15) is 24.6 Å². The van der Waals surface area contributed by atoms with Gasteiger partial charge in [-0.1, -0.05) is 0 Å². The van der Waals surface area contributed by atoms with Gasteiger partial charge < -0.3 is 14.9 Å². The lowest BCUT2D eigenvalue weighted by molar-refractivity contribution is 0.112. The fraction of sp³-hybridized carbons (Fsp3) is 0.450. The van der Waals surface area contributed by atoms with Crippen LogP contribution in [0.15, 0.2) is 36.4 Å². The topological polar surface area (TPSA) is 65.8 Å². The van der Waals surface area contributed by atoms with Crippen LogP contribution in [0.25, 0.3) is 0 Å². The Labute approximate surface area is 156 Å². The van der Waals surface area contributed by atoms with Gasteiger partial charge in [-0.15, -0.1) is 0 Å². The zero-order valence-electron chi connectivity index (χ0n) is 14.8. The Morgan fingerprint density at radius 3 is 2.37 bits per heavy atom. The first-order valence-electron chi connectivity index (χ1n) is 9.16. The number of β-amino-alcohol motifs (C(OH)–C–C–N with tert-alkyl or cyclic N) is 1. The lowest BCUT2D eigenvalue weighted by Gasteiger charge is -2.22. The number of nitrogens with zero attached hydrogens (tertiary/aromatic N) is 2. The van der Waals surface area contributed by atoms with Gasteiger partial charge in [0.25, 0.3) is 5.95 Å². The van der Waals surface area contributed by atoms with Crippen molar-refractivity contribution >= 4 is 0 Å². The highest BCUT2D eigenvalue weighted by Crippen LogP contribution is 2.40. The van der Waals surface area contributed by atoms with Crippen molar-refractivity contribution in [2.24, 2.45) is 11.8 Å². The molecular formula is C20H22F2N2O3. The van der Waals surface area contributed by atoms with Crippen LogP contribution in [0.5, 0.6) is 11.5 Å².